The average Bonchev–Trinajstić information content (AvgIpc) is 3.27. The van der Waals surface area contributed by atoms with Crippen molar-refractivity contribution < 1.29 is 19.4 Å². The fourth-order valence-electron chi connectivity index (χ4n) is 4.78. The van der Waals surface area contributed by atoms with E-state index in [4.69, 9.17) is 4.42 Å². The Bertz CT molecular complexity index is 763. The summed E-state index contributed by atoms with van der Waals surface area (Å²) in [5.41, 5.74) is 0.447. The Morgan fingerprint density at radius 1 is 1.27 bits per heavy atom. The van der Waals surface area contributed by atoms with E-state index < -0.39 is 17.6 Å². The molecule has 1 aromatic heterocycles. The highest BCUT2D eigenvalue weighted by Crippen LogP contribution is 2.53. The summed E-state index contributed by atoms with van der Waals surface area (Å²) >= 11 is 0. The minimum absolute atomic E-state index is 0.169. The van der Waals surface area contributed by atoms with Crippen molar-refractivity contribution in [2.45, 2.75) is 56.9 Å². The number of carbonyl (C=O) groups is 1. The summed E-state index contributed by atoms with van der Waals surface area (Å²) in [6.45, 7) is 1.99. The number of rotatable bonds is 2. The van der Waals surface area contributed by atoms with Crippen LogP contribution in [0.4, 0.5) is 0 Å². The number of oxazole rings is 1. The van der Waals surface area contributed by atoms with Crippen LogP contribution < -0.4 is 0 Å². The van der Waals surface area contributed by atoms with E-state index >= 15 is 0 Å². The Morgan fingerprint density at radius 3 is 2.73 bits per heavy atom. The summed E-state index contributed by atoms with van der Waals surface area (Å²) < 4.78 is 5.27. The molecule has 6 nitrogen and oxygen atoms in total. The lowest BCUT2D eigenvalue weighted by atomic mass is 9.74. The Kier molecular flexibility index (Phi) is 4.32. The Labute approximate surface area is 152 Å². The molecule has 0 radical (unpaired) electrons. The zero-order valence-electron chi connectivity index (χ0n) is 14.8. The van der Waals surface area contributed by atoms with Gasteiger partial charge in [-0.3, -0.25) is 4.79 Å². The maximum atomic E-state index is 13.2. The van der Waals surface area contributed by atoms with Gasteiger partial charge in [0.25, 0.3) is 5.91 Å². The summed E-state index contributed by atoms with van der Waals surface area (Å²) in [7, 11) is 0. The molecule has 4 rings (SSSR count). The van der Waals surface area contributed by atoms with E-state index in [1.165, 1.54) is 12.6 Å². The molecule has 1 aliphatic heterocycles. The molecular weight excluding hydrogens is 332 g/mol. The SMILES string of the molecule is C[C@@]12C[C@H](c3ccccc3)N(C(=O)c3cnco3)[C@@H]1CCC[C@@H](O)[C@H]2O. The molecule has 138 valence electrons. The van der Waals surface area contributed by atoms with Crippen LogP contribution in [0, 0.1) is 5.41 Å². The molecule has 0 spiro atoms. The van der Waals surface area contributed by atoms with Gasteiger partial charge in [-0.25, -0.2) is 4.98 Å². The predicted octanol–water partition coefficient (Wildman–Crippen LogP) is 2.54. The summed E-state index contributed by atoms with van der Waals surface area (Å²) in [6.07, 6.45) is 3.71. The standard InChI is InChI=1S/C20H24N2O4/c1-20-10-14(13-6-3-2-4-7-13)22(19(25)16-11-21-12-26-16)17(20)9-5-8-15(23)18(20)24/h2-4,6-7,11-12,14-15,17-18,23-24H,5,8-10H2,1H3/t14-,15-,17-,18-,20-/m1/s1. The van der Waals surface area contributed by atoms with Crippen LogP contribution in [0.25, 0.3) is 0 Å². The van der Waals surface area contributed by atoms with Crippen LogP contribution in [0.5, 0.6) is 0 Å². The van der Waals surface area contributed by atoms with Crippen molar-refractivity contribution in [1.29, 1.82) is 0 Å². The topological polar surface area (TPSA) is 86.8 Å². The number of benzene rings is 1. The van der Waals surface area contributed by atoms with E-state index in [-0.39, 0.29) is 23.8 Å². The number of hydrogen-bond acceptors (Lipinski definition) is 5. The number of aliphatic hydroxyl groups excluding tert-OH is 2. The second kappa shape index (κ2) is 6.52. The third kappa shape index (κ3) is 2.64. The van der Waals surface area contributed by atoms with E-state index in [1.54, 1.807) is 0 Å². The van der Waals surface area contributed by atoms with E-state index in [9.17, 15) is 15.0 Å². The minimum atomic E-state index is -0.867. The molecule has 2 heterocycles. The lowest BCUT2D eigenvalue weighted by molar-refractivity contribution is -0.0613. The van der Waals surface area contributed by atoms with Crippen molar-refractivity contribution in [3.8, 4) is 0 Å². The molecule has 2 N–H and O–H groups in total. The summed E-state index contributed by atoms with van der Waals surface area (Å²) in [6, 6.07) is 9.51. The molecule has 1 saturated heterocycles. The number of aromatic nitrogens is 1. The molecule has 1 aliphatic carbocycles. The van der Waals surface area contributed by atoms with Gasteiger partial charge in [0.2, 0.25) is 5.76 Å². The smallest absolute Gasteiger partial charge is 0.292 e. The molecule has 5 atom stereocenters. The number of carbonyl (C=O) groups excluding carboxylic acids is 1. The summed E-state index contributed by atoms with van der Waals surface area (Å²) in [5, 5.41) is 21.2. The monoisotopic (exact) mass is 356 g/mol. The molecule has 2 aromatic rings. The molecule has 1 aromatic carbocycles. The number of fused-ring (bicyclic) bond motifs is 1. The largest absolute Gasteiger partial charge is 0.438 e. The van der Waals surface area contributed by atoms with Crippen molar-refractivity contribution in [2.24, 2.45) is 5.41 Å². The Morgan fingerprint density at radius 2 is 2.04 bits per heavy atom. The van der Waals surface area contributed by atoms with Gasteiger partial charge in [-0.1, -0.05) is 37.3 Å². The van der Waals surface area contributed by atoms with Crippen LogP contribution in [0.15, 0.2) is 47.3 Å². The van der Waals surface area contributed by atoms with Gasteiger partial charge in [0.1, 0.15) is 0 Å². The highest BCUT2D eigenvalue weighted by atomic mass is 16.4. The predicted molar refractivity (Wildman–Crippen MR) is 94.2 cm³/mol. The number of hydrogen-bond donors (Lipinski definition) is 2. The lowest BCUT2D eigenvalue weighted by Gasteiger charge is -2.38. The first-order chi connectivity index (χ1) is 12.5. The van der Waals surface area contributed by atoms with Gasteiger partial charge in [0, 0.05) is 11.5 Å². The normalized spacial score (nSPS) is 34.3. The van der Waals surface area contributed by atoms with Crippen molar-refractivity contribution in [3.05, 3.63) is 54.2 Å². The highest BCUT2D eigenvalue weighted by molar-refractivity contribution is 5.92. The van der Waals surface area contributed by atoms with Crippen molar-refractivity contribution in [3.63, 3.8) is 0 Å². The van der Waals surface area contributed by atoms with Crippen LogP contribution in [-0.4, -0.2) is 44.3 Å². The Hall–Kier alpha value is -2.18. The number of nitrogens with zero attached hydrogens (tertiary/aromatic N) is 2. The van der Waals surface area contributed by atoms with Crippen LogP contribution in [0.3, 0.4) is 0 Å². The van der Waals surface area contributed by atoms with Gasteiger partial charge < -0.3 is 19.5 Å². The fourth-order valence-corrected chi connectivity index (χ4v) is 4.78. The minimum Gasteiger partial charge on any atom is -0.438 e. The van der Waals surface area contributed by atoms with E-state index in [2.05, 4.69) is 4.98 Å². The average molecular weight is 356 g/mol. The van der Waals surface area contributed by atoms with E-state index in [1.807, 2.05) is 42.2 Å². The molecule has 1 saturated carbocycles. The van der Waals surface area contributed by atoms with Gasteiger partial charge in [0.15, 0.2) is 6.39 Å². The molecule has 6 heteroatoms. The van der Waals surface area contributed by atoms with Gasteiger partial charge in [0.05, 0.1) is 24.4 Å². The first kappa shape index (κ1) is 17.2. The molecule has 1 amide bonds. The molecular formula is C20H24N2O4. The van der Waals surface area contributed by atoms with E-state index in [0.29, 0.717) is 12.8 Å². The second-order valence-corrected chi connectivity index (χ2v) is 7.67. The number of aliphatic hydroxyl groups is 2. The van der Waals surface area contributed by atoms with Crippen LogP contribution in [0.1, 0.15) is 54.8 Å². The number of likely N-dealkylation sites (tertiary alicyclic amines) is 1. The molecule has 2 aliphatic rings. The van der Waals surface area contributed by atoms with Crippen LogP contribution >= 0.6 is 0 Å². The summed E-state index contributed by atoms with van der Waals surface area (Å²) in [5.74, 6) is -0.0110. The maximum absolute atomic E-state index is 13.2. The molecule has 26 heavy (non-hydrogen) atoms. The lowest BCUT2D eigenvalue weighted by Crippen LogP contribution is -2.49. The Balaban J connectivity index is 1.79. The third-order valence-corrected chi connectivity index (χ3v) is 6.15. The van der Waals surface area contributed by atoms with Crippen molar-refractivity contribution >= 4 is 5.91 Å². The van der Waals surface area contributed by atoms with Gasteiger partial charge >= 0.3 is 0 Å². The zero-order valence-corrected chi connectivity index (χ0v) is 14.8. The van der Waals surface area contributed by atoms with Crippen LogP contribution in [-0.2, 0) is 0 Å². The molecule has 0 unspecified atom stereocenters. The van der Waals surface area contributed by atoms with Crippen molar-refractivity contribution in [1.82, 2.24) is 9.88 Å². The van der Waals surface area contributed by atoms with Gasteiger partial charge in [-0.15, -0.1) is 0 Å². The fraction of sp³-hybridized carbons (Fsp3) is 0.500. The van der Waals surface area contributed by atoms with Crippen LogP contribution in [0.2, 0.25) is 0 Å². The quantitative estimate of drug-likeness (QED) is 0.863. The first-order valence-electron chi connectivity index (χ1n) is 9.14. The second-order valence-electron chi connectivity index (χ2n) is 7.67. The van der Waals surface area contributed by atoms with Crippen molar-refractivity contribution in [2.75, 3.05) is 0 Å². The first-order valence-corrected chi connectivity index (χ1v) is 9.14. The van der Waals surface area contributed by atoms with Gasteiger partial charge in [-0.2, -0.15) is 0 Å². The summed E-state index contributed by atoms with van der Waals surface area (Å²) in [4.78, 5) is 19.0. The zero-order chi connectivity index (χ0) is 18.3. The maximum Gasteiger partial charge on any atom is 0.292 e. The molecule has 0 bridgehead atoms. The number of amides is 1. The third-order valence-electron chi connectivity index (χ3n) is 6.15. The van der Waals surface area contributed by atoms with E-state index in [0.717, 1.165) is 18.4 Å². The molecule has 2 fully saturated rings. The van der Waals surface area contributed by atoms with Gasteiger partial charge in [-0.05, 0) is 31.2 Å². The highest BCUT2D eigenvalue weighted by Gasteiger charge is 2.57.